The molecule has 24 heavy (non-hydrogen) atoms. The van der Waals surface area contributed by atoms with E-state index in [-0.39, 0.29) is 11.1 Å². The molecule has 0 N–H and O–H groups in total. The van der Waals surface area contributed by atoms with Crippen molar-refractivity contribution < 1.29 is 4.39 Å². The summed E-state index contributed by atoms with van der Waals surface area (Å²) in [6, 6.07) is 20.8. The van der Waals surface area contributed by atoms with Crippen molar-refractivity contribution in [3.05, 3.63) is 71.5 Å². The molecule has 2 nitrogen and oxygen atoms in total. The van der Waals surface area contributed by atoms with Crippen molar-refractivity contribution in [3.63, 3.8) is 0 Å². The minimum atomic E-state index is -0.759. The number of fused-ring (bicyclic) bond motifs is 3. The number of nitrogens with zero attached hydrogens (tertiary/aromatic N) is 2. The van der Waals surface area contributed by atoms with Gasteiger partial charge in [0.1, 0.15) is 12.1 Å². The van der Waals surface area contributed by atoms with Gasteiger partial charge in [-0.05, 0) is 41.5 Å². The van der Waals surface area contributed by atoms with Crippen LogP contribution in [0.2, 0.25) is 0 Å². The Labute approximate surface area is 141 Å². The number of benzene rings is 3. The maximum atomic E-state index is 13.9. The Hall–Kier alpha value is -3.21. The van der Waals surface area contributed by atoms with Crippen LogP contribution in [0.25, 0.3) is 31.3 Å². The Morgan fingerprint density at radius 2 is 1.42 bits per heavy atom. The molecule has 0 spiro atoms. The lowest BCUT2D eigenvalue weighted by Crippen LogP contribution is -1.91. The Kier molecular flexibility index (Phi) is 3.27. The Bertz CT molecular complexity index is 1160. The predicted molar refractivity (Wildman–Crippen MR) is 94.2 cm³/mol. The van der Waals surface area contributed by atoms with Crippen LogP contribution in [0.15, 0.2) is 54.6 Å². The molecule has 1 aromatic heterocycles. The molecule has 0 fully saturated rings. The molecule has 0 radical (unpaired) electrons. The van der Waals surface area contributed by atoms with Crippen LogP contribution in [0.3, 0.4) is 0 Å². The van der Waals surface area contributed by atoms with E-state index in [0.717, 1.165) is 10.9 Å². The third-order valence-electron chi connectivity index (χ3n) is 4.02. The van der Waals surface area contributed by atoms with Crippen molar-refractivity contribution >= 4 is 31.5 Å². The maximum absolute atomic E-state index is 13.9. The zero-order valence-electron chi connectivity index (χ0n) is 12.4. The fraction of sp³-hybridized carbons (Fsp3) is 0. The summed E-state index contributed by atoms with van der Waals surface area (Å²) in [5.74, 6) is -0.759. The maximum Gasteiger partial charge on any atom is 0.158 e. The zero-order chi connectivity index (χ0) is 16.7. The van der Waals surface area contributed by atoms with Crippen molar-refractivity contribution in [1.29, 1.82) is 10.5 Å². The molecule has 0 aliphatic rings. The van der Waals surface area contributed by atoms with Crippen LogP contribution < -0.4 is 0 Å². The summed E-state index contributed by atoms with van der Waals surface area (Å²) in [6.45, 7) is 0. The van der Waals surface area contributed by atoms with Gasteiger partial charge in [-0.15, -0.1) is 11.3 Å². The number of rotatable bonds is 1. The van der Waals surface area contributed by atoms with E-state index in [4.69, 9.17) is 10.5 Å². The molecule has 112 valence electrons. The van der Waals surface area contributed by atoms with E-state index in [0.29, 0.717) is 5.56 Å². The first-order chi connectivity index (χ1) is 11.7. The monoisotopic (exact) mass is 328 g/mol. The van der Waals surface area contributed by atoms with Crippen molar-refractivity contribution in [2.24, 2.45) is 0 Å². The van der Waals surface area contributed by atoms with Crippen LogP contribution in [0.1, 0.15) is 11.1 Å². The SMILES string of the molecule is N#Cc1cc(-c2ccc3sc4ccccc4c3c2)cc(C#N)c1F. The van der Waals surface area contributed by atoms with Gasteiger partial charge < -0.3 is 0 Å². The van der Waals surface area contributed by atoms with E-state index in [1.165, 1.54) is 26.9 Å². The highest BCUT2D eigenvalue weighted by Crippen LogP contribution is 2.36. The Morgan fingerprint density at radius 3 is 2.12 bits per heavy atom. The summed E-state index contributed by atoms with van der Waals surface area (Å²) >= 11 is 1.72. The topological polar surface area (TPSA) is 47.6 Å². The molecule has 0 unspecified atom stereocenters. The Balaban J connectivity index is 1.99. The summed E-state index contributed by atoms with van der Waals surface area (Å²) in [5, 5.41) is 20.5. The van der Waals surface area contributed by atoms with E-state index in [1.54, 1.807) is 11.3 Å². The molecule has 0 saturated heterocycles. The van der Waals surface area contributed by atoms with E-state index in [2.05, 4.69) is 12.1 Å². The average Bonchev–Trinajstić information content (AvgIpc) is 2.99. The number of halogens is 1. The second kappa shape index (κ2) is 5.45. The summed E-state index contributed by atoms with van der Waals surface area (Å²) < 4.78 is 16.3. The lowest BCUT2D eigenvalue weighted by molar-refractivity contribution is 0.620. The first-order valence-electron chi connectivity index (χ1n) is 7.26. The third-order valence-corrected chi connectivity index (χ3v) is 5.18. The minimum Gasteiger partial charge on any atom is -0.204 e. The van der Waals surface area contributed by atoms with Gasteiger partial charge in [0.25, 0.3) is 0 Å². The second-order valence-corrected chi connectivity index (χ2v) is 6.50. The van der Waals surface area contributed by atoms with Crippen molar-refractivity contribution in [2.45, 2.75) is 0 Å². The molecule has 1 heterocycles. The number of nitriles is 2. The van der Waals surface area contributed by atoms with Crippen LogP contribution in [-0.2, 0) is 0 Å². The highest BCUT2D eigenvalue weighted by molar-refractivity contribution is 7.25. The molecule has 0 aliphatic heterocycles. The van der Waals surface area contributed by atoms with Crippen molar-refractivity contribution in [3.8, 4) is 23.3 Å². The molecule has 4 aromatic rings. The van der Waals surface area contributed by atoms with Gasteiger partial charge in [-0.2, -0.15) is 10.5 Å². The molecular weight excluding hydrogens is 319 g/mol. The molecule has 0 amide bonds. The highest BCUT2D eigenvalue weighted by Gasteiger charge is 2.13. The molecule has 0 saturated carbocycles. The predicted octanol–water partition coefficient (Wildman–Crippen LogP) is 5.60. The van der Waals surface area contributed by atoms with E-state index >= 15 is 0 Å². The summed E-state index contributed by atoms with van der Waals surface area (Å²) in [5.41, 5.74) is 1.30. The van der Waals surface area contributed by atoms with Gasteiger partial charge in [-0.3, -0.25) is 0 Å². The van der Waals surface area contributed by atoms with Gasteiger partial charge >= 0.3 is 0 Å². The fourth-order valence-corrected chi connectivity index (χ4v) is 3.95. The van der Waals surface area contributed by atoms with Gasteiger partial charge in [-0.25, -0.2) is 4.39 Å². The molecule has 4 heteroatoms. The minimum absolute atomic E-state index is 0.112. The van der Waals surface area contributed by atoms with Crippen molar-refractivity contribution in [2.75, 3.05) is 0 Å². The van der Waals surface area contributed by atoms with Gasteiger partial charge in [-0.1, -0.05) is 24.3 Å². The third kappa shape index (κ3) is 2.13. The number of thiophene rings is 1. The van der Waals surface area contributed by atoms with E-state index in [9.17, 15) is 4.39 Å². The standard InChI is InChI=1S/C20H9FN2S/c21-20-14(10-22)7-13(8-15(20)11-23)12-5-6-19-17(9-12)16-3-1-2-4-18(16)24-19/h1-9H. The highest BCUT2D eigenvalue weighted by atomic mass is 32.1. The van der Waals surface area contributed by atoms with E-state index < -0.39 is 5.82 Å². The van der Waals surface area contributed by atoms with Crippen LogP contribution >= 0.6 is 11.3 Å². The largest absolute Gasteiger partial charge is 0.204 e. The summed E-state index contributed by atoms with van der Waals surface area (Å²) in [4.78, 5) is 0. The van der Waals surface area contributed by atoms with Gasteiger partial charge in [0, 0.05) is 20.2 Å². The normalized spacial score (nSPS) is 10.6. The second-order valence-electron chi connectivity index (χ2n) is 5.42. The van der Waals surface area contributed by atoms with E-state index in [1.807, 2.05) is 42.5 Å². The molecule has 0 bridgehead atoms. The van der Waals surface area contributed by atoms with Crippen LogP contribution in [-0.4, -0.2) is 0 Å². The molecule has 4 rings (SSSR count). The molecule has 0 aliphatic carbocycles. The zero-order valence-corrected chi connectivity index (χ0v) is 13.2. The molecule has 3 aromatic carbocycles. The lowest BCUT2D eigenvalue weighted by atomic mass is 9.98. The fourth-order valence-electron chi connectivity index (χ4n) is 2.86. The Morgan fingerprint density at radius 1 is 0.750 bits per heavy atom. The first-order valence-corrected chi connectivity index (χ1v) is 8.08. The average molecular weight is 328 g/mol. The van der Waals surface area contributed by atoms with Crippen LogP contribution in [0, 0.1) is 28.5 Å². The van der Waals surface area contributed by atoms with Gasteiger partial charge in [0.05, 0.1) is 11.1 Å². The van der Waals surface area contributed by atoms with Gasteiger partial charge in [0.15, 0.2) is 5.82 Å². The summed E-state index contributed by atoms with van der Waals surface area (Å²) in [6.07, 6.45) is 0. The first kappa shape index (κ1) is 14.4. The lowest BCUT2D eigenvalue weighted by Gasteiger charge is -2.05. The quantitative estimate of drug-likeness (QED) is 0.456. The number of hydrogen-bond acceptors (Lipinski definition) is 3. The summed E-state index contributed by atoms with van der Waals surface area (Å²) in [7, 11) is 0. The van der Waals surface area contributed by atoms with Gasteiger partial charge in [0.2, 0.25) is 0 Å². The molecular formula is C20H9FN2S. The molecule has 0 atom stereocenters. The van der Waals surface area contributed by atoms with Crippen molar-refractivity contribution in [1.82, 2.24) is 0 Å². The van der Waals surface area contributed by atoms with Crippen LogP contribution in [0.5, 0.6) is 0 Å². The number of hydrogen-bond donors (Lipinski definition) is 0. The van der Waals surface area contributed by atoms with Crippen LogP contribution in [0.4, 0.5) is 4.39 Å². The smallest absolute Gasteiger partial charge is 0.158 e.